The number of benzene rings is 3. The minimum atomic E-state index is -1.76. The van der Waals surface area contributed by atoms with Crippen molar-refractivity contribution in [2.75, 3.05) is 26.6 Å². The van der Waals surface area contributed by atoms with Gasteiger partial charge in [0.05, 0.1) is 21.3 Å². The first kappa shape index (κ1) is 24.5. The number of hydrogen-bond donors (Lipinski definition) is 1. The Morgan fingerprint density at radius 2 is 1.38 bits per heavy atom. The second-order valence-electron chi connectivity index (χ2n) is 7.59. The Morgan fingerprint density at radius 3 is 1.91 bits per heavy atom. The largest absolute Gasteiger partial charge is 0.497 e. The summed E-state index contributed by atoms with van der Waals surface area (Å²) in [5.41, 5.74) is -0.366. The minimum absolute atomic E-state index is 0.294. The van der Waals surface area contributed by atoms with E-state index in [2.05, 4.69) is 5.32 Å². The molecule has 0 saturated carbocycles. The van der Waals surface area contributed by atoms with Crippen LogP contribution < -0.4 is 10.1 Å². The third-order valence-electron chi connectivity index (χ3n) is 5.66. The minimum Gasteiger partial charge on any atom is -0.497 e. The van der Waals surface area contributed by atoms with Gasteiger partial charge < -0.3 is 19.5 Å². The van der Waals surface area contributed by atoms with Gasteiger partial charge in [-0.05, 0) is 29.8 Å². The van der Waals surface area contributed by atoms with Crippen LogP contribution in [0.3, 0.4) is 0 Å². The predicted octanol–water partition coefficient (Wildman–Crippen LogP) is 4.24. The summed E-state index contributed by atoms with van der Waals surface area (Å²) < 4.78 is 15.6. The zero-order valence-corrected chi connectivity index (χ0v) is 19.3. The Kier molecular flexibility index (Phi) is 8.03. The molecule has 0 aromatic heterocycles. The zero-order chi connectivity index (χ0) is 24.6. The van der Waals surface area contributed by atoms with Crippen LogP contribution in [-0.4, -0.2) is 39.1 Å². The highest BCUT2D eigenvalue weighted by atomic mass is 16.5. The summed E-state index contributed by atoms with van der Waals surface area (Å²) in [6, 6.07) is 24.2. The summed E-state index contributed by atoms with van der Waals surface area (Å²) in [6.07, 6.45) is -0.294. The number of nitrogens with one attached hydrogen (secondary N) is 1. The number of ketones is 1. The van der Waals surface area contributed by atoms with E-state index in [0.29, 0.717) is 22.6 Å². The number of Topliss-reactive ketones (excluding diaryl/α,β-unsaturated/α-hetero) is 1. The van der Waals surface area contributed by atoms with Gasteiger partial charge in [-0.25, -0.2) is 4.79 Å². The number of ether oxygens (including phenoxy) is 3. The van der Waals surface area contributed by atoms with Gasteiger partial charge in [-0.1, -0.05) is 60.7 Å². The van der Waals surface area contributed by atoms with E-state index < -0.39 is 23.4 Å². The van der Waals surface area contributed by atoms with E-state index in [9.17, 15) is 14.4 Å². The molecule has 0 bridgehead atoms. The average molecular weight is 462 g/mol. The fourth-order valence-electron chi connectivity index (χ4n) is 3.92. The van der Waals surface area contributed by atoms with Gasteiger partial charge in [0, 0.05) is 17.7 Å². The Balaban J connectivity index is 2.21. The molecule has 7 nitrogen and oxygen atoms in total. The Bertz CT molecular complexity index is 1110. The normalized spacial score (nSPS) is 13.1. The molecule has 0 aliphatic rings. The van der Waals surface area contributed by atoms with Crippen LogP contribution in [0, 0.1) is 5.92 Å². The molecule has 3 aromatic rings. The molecular weight excluding hydrogens is 434 g/mol. The van der Waals surface area contributed by atoms with Gasteiger partial charge in [0.2, 0.25) is 0 Å². The SMILES string of the molecule is COC(=O)[C@@H](CC(=O)c1ccccc1)[C@](Nc1ccccc1)(C(=O)OC)c1ccc(OC)cc1. The fourth-order valence-corrected chi connectivity index (χ4v) is 3.92. The number of esters is 2. The molecule has 0 spiro atoms. The molecule has 0 saturated heterocycles. The predicted molar refractivity (Wildman–Crippen MR) is 128 cm³/mol. The number of anilines is 1. The average Bonchev–Trinajstić information content (AvgIpc) is 2.90. The number of methoxy groups -OCH3 is 3. The highest BCUT2D eigenvalue weighted by Crippen LogP contribution is 2.39. The van der Waals surface area contributed by atoms with Crippen LogP contribution in [0.4, 0.5) is 5.69 Å². The highest BCUT2D eigenvalue weighted by Gasteiger charge is 2.53. The summed E-state index contributed by atoms with van der Waals surface area (Å²) in [6.45, 7) is 0. The monoisotopic (exact) mass is 461 g/mol. The Hall–Kier alpha value is -4.13. The Labute approximate surface area is 198 Å². The molecule has 0 unspecified atom stereocenters. The molecule has 2 atom stereocenters. The summed E-state index contributed by atoms with van der Waals surface area (Å²) in [5.74, 6) is -2.46. The summed E-state index contributed by atoms with van der Waals surface area (Å²) >= 11 is 0. The molecule has 3 rings (SSSR count). The van der Waals surface area contributed by atoms with Crippen molar-refractivity contribution in [2.45, 2.75) is 12.0 Å². The van der Waals surface area contributed by atoms with Gasteiger partial charge in [-0.15, -0.1) is 0 Å². The molecule has 0 aliphatic heterocycles. The summed E-state index contributed by atoms with van der Waals surface area (Å²) in [4.78, 5) is 39.9. The maximum atomic E-state index is 13.5. The van der Waals surface area contributed by atoms with Crippen LogP contribution in [0.1, 0.15) is 22.3 Å². The first-order valence-electron chi connectivity index (χ1n) is 10.7. The zero-order valence-electron chi connectivity index (χ0n) is 19.3. The van der Waals surface area contributed by atoms with E-state index in [1.807, 2.05) is 6.07 Å². The summed E-state index contributed by atoms with van der Waals surface area (Å²) in [7, 11) is 3.99. The molecule has 0 amide bonds. The van der Waals surface area contributed by atoms with Crippen molar-refractivity contribution in [3.05, 3.63) is 96.1 Å². The number of hydrogen-bond acceptors (Lipinski definition) is 7. The number of carbonyl (C=O) groups excluding carboxylic acids is 3. The van der Waals surface area contributed by atoms with Crippen molar-refractivity contribution in [1.82, 2.24) is 0 Å². The molecule has 176 valence electrons. The van der Waals surface area contributed by atoms with Crippen molar-refractivity contribution in [3.8, 4) is 5.75 Å². The Morgan fingerprint density at radius 1 is 0.794 bits per heavy atom. The molecule has 3 aromatic carbocycles. The molecule has 0 heterocycles. The standard InChI is InChI=1S/C27H27NO6/c1-32-22-16-14-20(15-17-22)27(26(31)34-3,28-21-12-8-5-9-13-21)23(25(30)33-2)18-24(29)19-10-6-4-7-11-19/h4-17,23,28H,18H2,1-3H3/t23-,27+/m1/s1. The summed E-state index contributed by atoms with van der Waals surface area (Å²) in [5, 5.41) is 3.20. The lowest BCUT2D eigenvalue weighted by atomic mass is 9.74. The first-order chi connectivity index (χ1) is 16.5. The molecule has 0 radical (unpaired) electrons. The lowest BCUT2D eigenvalue weighted by Gasteiger charge is -2.38. The van der Waals surface area contributed by atoms with Crippen LogP contribution in [0.25, 0.3) is 0 Å². The molecule has 7 heteroatoms. The molecule has 1 N–H and O–H groups in total. The second-order valence-corrected chi connectivity index (χ2v) is 7.59. The van der Waals surface area contributed by atoms with Crippen molar-refractivity contribution >= 4 is 23.4 Å². The lowest BCUT2D eigenvalue weighted by molar-refractivity contribution is -0.158. The van der Waals surface area contributed by atoms with Crippen molar-refractivity contribution < 1.29 is 28.6 Å². The molecule has 34 heavy (non-hydrogen) atoms. The quantitative estimate of drug-likeness (QED) is 0.357. The van der Waals surface area contributed by atoms with E-state index in [-0.39, 0.29) is 12.2 Å². The maximum Gasteiger partial charge on any atom is 0.337 e. The smallest absolute Gasteiger partial charge is 0.337 e. The lowest BCUT2D eigenvalue weighted by Crippen LogP contribution is -2.54. The number of carbonyl (C=O) groups is 3. The first-order valence-corrected chi connectivity index (χ1v) is 10.7. The fraction of sp³-hybridized carbons (Fsp3) is 0.222. The van der Waals surface area contributed by atoms with Crippen molar-refractivity contribution in [1.29, 1.82) is 0 Å². The molecular formula is C27H27NO6. The van der Waals surface area contributed by atoms with E-state index >= 15 is 0 Å². The van der Waals surface area contributed by atoms with Crippen LogP contribution in [0.2, 0.25) is 0 Å². The van der Waals surface area contributed by atoms with E-state index in [0.717, 1.165) is 0 Å². The van der Waals surface area contributed by atoms with Gasteiger partial charge in [0.1, 0.15) is 11.7 Å². The third kappa shape index (κ3) is 5.09. The number of rotatable bonds is 10. The van der Waals surface area contributed by atoms with Crippen LogP contribution in [-0.2, 0) is 24.6 Å². The van der Waals surface area contributed by atoms with Crippen LogP contribution >= 0.6 is 0 Å². The second kappa shape index (κ2) is 11.1. The van der Waals surface area contributed by atoms with Gasteiger partial charge in [-0.2, -0.15) is 0 Å². The van der Waals surface area contributed by atoms with Gasteiger partial charge >= 0.3 is 11.9 Å². The molecule has 0 aliphatic carbocycles. The van der Waals surface area contributed by atoms with Gasteiger partial charge in [0.25, 0.3) is 0 Å². The topological polar surface area (TPSA) is 90.9 Å². The van der Waals surface area contributed by atoms with Crippen molar-refractivity contribution in [2.24, 2.45) is 5.92 Å². The van der Waals surface area contributed by atoms with E-state index in [1.165, 1.54) is 21.3 Å². The number of para-hydroxylation sites is 1. The van der Waals surface area contributed by atoms with Crippen molar-refractivity contribution in [3.63, 3.8) is 0 Å². The van der Waals surface area contributed by atoms with Gasteiger partial charge in [-0.3, -0.25) is 9.59 Å². The molecule has 0 fully saturated rings. The van der Waals surface area contributed by atoms with E-state index in [1.54, 1.807) is 78.9 Å². The third-order valence-corrected chi connectivity index (χ3v) is 5.66. The maximum absolute atomic E-state index is 13.5. The highest BCUT2D eigenvalue weighted by molar-refractivity contribution is 6.01. The van der Waals surface area contributed by atoms with Crippen LogP contribution in [0.5, 0.6) is 5.75 Å². The van der Waals surface area contributed by atoms with E-state index in [4.69, 9.17) is 14.2 Å². The van der Waals surface area contributed by atoms with Crippen LogP contribution in [0.15, 0.2) is 84.9 Å². The van der Waals surface area contributed by atoms with Gasteiger partial charge in [0.15, 0.2) is 11.3 Å².